The summed E-state index contributed by atoms with van der Waals surface area (Å²) < 4.78 is 16.3. The molecule has 0 radical (unpaired) electrons. The Labute approximate surface area is 170 Å². The normalized spacial score (nSPS) is 16.7. The molecule has 0 saturated carbocycles. The van der Waals surface area contributed by atoms with Gasteiger partial charge >= 0.3 is 0 Å². The number of nitrogens with one attached hydrogen (secondary N) is 2. The van der Waals surface area contributed by atoms with Gasteiger partial charge in [0.05, 0.1) is 24.5 Å². The number of anilines is 1. The molecule has 2 amide bonds. The highest BCUT2D eigenvalue weighted by molar-refractivity contribution is 6.04. The number of hydrogen-bond acceptors (Lipinski definition) is 5. The summed E-state index contributed by atoms with van der Waals surface area (Å²) in [5.41, 5.74) is 0.836. The van der Waals surface area contributed by atoms with E-state index in [9.17, 15) is 9.59 Å². The quantitative estimate of drug-likeness (QED) is 0.714. The zero-order chi connectivity index (χ0) is 20.6. The molecule has 1 saturated heterocycles. The molecule has 1 aliphatic rings. The molecule has 0 spiro atoms. The smallest absolute Gasteiger partial charge is 0.265 e. The van der Waals surface area contributed by atoms with Crippen LogP contribution in [0.15, 0.2) is 48.5 Å². The summed E-state index contributed by atoms with van der Waals surface area (Å²) in [5, 5.41) is 5.66. The van der Waals surface area contributed by atoms with Crippen LogP contribution in [-0.4, -0.2) is 44.3 Å². The van der Waals surface area contributed by atoms with Gasteiger partial charge in [0.1, 0.15) is 11.5 Å². The molecule has 1 heterocycles. The van der Waals surface area contributed by atoms with E-state index < -0.39 is 6.10 Å². The molecular formula is C22H26N2O5. The first-order chi connectivity index (χ1) is 14.1. The van der Waals surface area contributed by atoms with E-state index in [0.717, 1.165) is 19.4 Å². The van der Waals surface area contributed by atoms with E-state index in [1.165, 1.54) is 0 Å². The molecule has 0 unspecified atom stereocenters. The van der Waals surface area contributed by atoms with E-state index >= 15 is 0 Å². The first kappa shape index (κ1) is 20.7. The molecule has 7 heteroatoms. The van der Waals surface area contributed by atoms with Crippen LogP contribution in [-0.2, 0) is 9.53 Å². The molecule has 2 aromatic rings. The van der Waals surface area contributed by atoms with E-state index in [4.69, 9.17) is 14.2 Å². The molecule has 1 aliphatic heterocycles. The van der Waals surface area contributed by atoms with Crippen LogP contribution in [0.2, 0.25) is 0 Å². The van der Waals surface area contributed by atoms with Crippen LogP contribution in [0.25, 0.3) is 0 Å². The van der Waals surface area contributed by atoms with Crippen molar-refractivity contribution in [2.45, 2.75) is 32.0 Å². The minimum Gasteiger partial charge on any atom is -0.497 e. The van der Waals surface area contributed by atoms with Crippen molar-refractivity contribution in [3.8, 4) is 11.5 Å². The largest absolute Gasteiger partial charge is 0.497 e. The third-order valence-corrected chi connectivity index (χ3v) is 4.69. The van der Waals surface area contributed by atoms with Gasteiger partial charge in [-0.2, -0.15) is 0 Å². The monoisotopic (exact) mass is 398 g/mol. The molecule has 3 rings (SSSR count). The number of carbonyl (C=O) groups excluding carboxylic acids is 2. The number of amides is 2. The number of para-hydroxylation sites is 1. The molecule has 0 bridgehead atoms. The van der Waals surface area contributed by atoms with Crippen LogP contribution >= 0.6 is 0 Å². The third kappa shape index (κ3) is 5.71. The van der Waals surface area contributed by atoms with Gasteiger partial charge in [0.25, 0.3) is 11.8 Å². The van der Waals surface area contributed by atoms with Crippen LogP contribution < -0.4 is 20.1 Å². The average molecular weight is 398 g/mol. The molecule has 0 aliphatic carbocycles. The Bertz CT molecular complexity index is 831. The fraction of sp³-hybridized carbons (Fsp3) is 0.364. The lowest BCUT2D eigenvalue weighted by Crippen LogP contribution is -2.34. The predicted octanol–water partition coefficient (Wildman–Crippen LogP) is 3.01. The zero-order valence-electron chi connectivity index (χ0n) is 16.6. The van der Waals surface area contributed by atoms with Crippen molar-refractivity contribution < 1.29 is 23.8 Å². The summed E-state index contributed by atoms with van der Waals surface area (Å²) in [4.78, 5) is 25.1. The number of rotatable bonds is 8. The molecule has 2 N–H and O–H groups in total. The number of ether oxygens (including phenoxy) is 3. The standard InChI is InChI=1S/C22H26N2O5/c1-15(29-17-11-9-16(27-2)10-12-17)21(25)24-20-8-4-3-7-19(20)22(26)23-14-18-6-5-13-28-18/h3-4,7-12,15,18H,5-6,13-14H2,1-2H3,(H,23,26)(H,24,25)/t15-,18-/m1/s1. The first-order valence-electron chi connectivity index (χ1n) is 9.67. The van der Waals surface area contributed by atoms with Gasteiger partial charge in [-0.05, 0) is 56.2 Å². The Morgan fingerprint density at radius 2 is 1.86 bits per heavy atom. The van der Waals surface area contributed by atoms with E-state index in [1.54, 1.807) is 62.6 Å². The predicted molar refractivity (Wildman–Crippen MR) is 109 cm³/mol. The molecular weight excluding hydrogens is 372 g/mol. The maximum Gasteiger partial charge on any atom is 0.265 e. The fourth-order valence-corrected chi connectivity index (χ4v) is 3.04. The van der Waals surface area contributed by atoms with Gasteiger partial charge in [0.15, 0.2) is 6.10 Å². The number of hydrogen-bond donors (Lipinski definition) is 2. The van der Waals surface area contributed by atoms with Crippen LogP contribution in [0.1, 0.15) is 30.1 Å². The Morgan fingerprint density at radius 1 is 1.14 bits per heavy atom. The minimum absolute atomic E-state index is 0.0543. The topological polar surface area (TPSA) is 85.9 Å². The lowest BCUT2D eigenvalue weighted by Gasteiger charge is -2.17. The van der Waals surface area contributed by atoms with Gasteiger partial charge in [-0.25, -0.2) is 0 Å². The number of benzene rings is 2. The second-order valence-corrected chi connectivity index (χ2v) is 6.82. The molecule has 154 valence electrons. The summed E-state index contributed by atoms with van der Waals surface area (Å²) in [6.07, 6.45) is 1.27. The fourth-order valence-electron chi connectivity index (χ4n) is 3.04. The highest BCUT2D eigenvalue weighted by Gasteiger charge is 2.20. The maximum absolute atomic E-state index is 12.6. The number of carbonyl (C=O) groups is 2. The number of methoxy groups -OCH3 is 1. The van der Waals surface area contributed by atoms with Gasteiger partial charge < -0.3 is 24.8 Å². The SMILES string of the molecule is COc1ccc(O[C@H](C)C(=O)Nc2ccccc2C(=O)NC[C@H]2CCCO2)cc1. The van der Waals surface area contributed by atoms with Crippen molar-refractivity contribution in [3.05, 3.63) is 54.1 Å². The lowest BCUT2D eigenvalue weighted by molar-refractivity contribution is -0.122. The highest BCUT2D eigenvalue weighted by atomic mass is 16.5. The Morgan fingerprint density at radius 3 is 2.55 bits per heavy atom. The molecule has 29 heavy (non-hydrogen) atoms. The molecule has 2 atom stereocenters. The van der Waals surface area contributed by atoms with Crippen LogP contribution in [0.4, 0.5) is 5.69 Å². The summed E-state index contributed by atoms with van der Waals surface area (Å²) in [6, 6.07) is 13.9. The Balaban J connectivity index is 1.59. The maximum atomic E-state index is 12.6. The average Bonchev–Trinajstić information content (AvgIpc) is 3.26. The zero-order valence-corrected chi connectivity index (χ0v) is 16.6. The van der Waals surface area contributed by atoms with Gasteiger partial charge in [0.2, 0.25) is 0 Å². The molecule has 0 aromatic heterocycles. The van der Waals surface area contributed by atoms with Crippen LogP contribution in [0.5, 0.6) is 11.5 Å². The lowest BCUT2D eigenvalue weighted by atomic mass is 10.1. The third-order valence-electron chi connectivity index (χ3n) is 4.69. The van der Waals surface area contributed by atoms with E-state index in [1.807, 2.05) is 0 Å². The summed E-state index contributed by atoms with van der Waals surface area (Å²) in [6.45, 7) is 2.84. The second-order valence-electron chi connectivity index (χ2n) is 6.82. The summed E-state index contributed by atoms with van der Waals surface area (Å²) in [7, 11) is 1.58. The van der Waals surface area contributed by atoms with Crippen molar-refractivity contribution in [2.24, 2.45) is 0 Å². The van der Waals surface area contributed by atoms with E-state index in [0.29, 0.717) is 29.3 Å². The van der Waals surface area contributed by atoms with Crippen molar-refractivity contribution in [3.63, 3.8) is 0 Å². The highest BCUT2D eigenvalue weighted by Crippen LogP contribution is 2.20. The van der Waals surface area contributed by atoms with E-state index in [-0.39, 0.29) is 17.9 Å². The first-order valence-corrected chi connectivity index (χ1v) is 9.67. The van der Waals surface area contributed by atoms with Gasteiger partial charge in [-0.15, -0.1) is 0 Å². The molecule has 7 nitrogen and oxygen atoms in total. The summed E-state index contributed by atoms with van der Waals surface area (Å²) in [5.74, 6) is 0.661. The van der Waals surface area contributed by atoms with Gasteiger partial charge in [-0.1, -0.05) is 12.1 Å². The van der Waals surface area contributed by atoms with Crippen molar-refractivity contribution >= 4 is 17.5 Å². The second kappa shape index (κ2) is 9.93. The van der Waals surface area contributed by atoms with Crippen molar-refractivity contribution in [1.29, 1.82) is 0 Å². The summed E-state index contributed by atoms with van der Waals surface area (Å²) >= 11 is 0. The van der Waals surface area contributed by atoms with Crippen molar-refractivity contribution in [2.75, 3.05) is 25.6 Å². The minimum atomic E-state index is -0.744. The molecule has 1 fully saturated rings. The molecule has 2 aromatic carbocycles. The van der Waals surface area contributed by atoms with Crippen molar-refractivity contribution in [1.82, 2.24) is 5.32 Å². The Hall–Kier alpha value is -3.06. The van der Waals surface area contributed by atoms with Crippen LogP contribution in [0.3, 0.4) is 0 Å². The van der Waals surface area contributed by atoms with Gasteiger partial charge in [-0.3, -0.25) is 9.59 Å². The van der Waals surface area contributed by atoms with E-state index in [2.05, 4.69) is 10.6 Å². The van der Waals surface area contributed by atoms with Crippen LogP contribution in [0, 0.1) is 0 Å². The van der Waals surface area contributed by atoms with Gasteiger partial charge in [0, 0.05) is 13.2 Å². The Kier molecular flexibility index (Phi) is 7.08.